The van der Waals surface area contributed by atoms with Gasteiger partial charge in [-0.25, -0.2) is 0 Å². The molecule has 1 aliphatic rings. The van der Waals surface area contributed by atoms with Gasteiger partial charge in [0.25, 0.3) is 0 Å². The maximum absolute atomic E-state index is 8.39. The van der Waals surface area contributed by atoms with Gasteiger partial charge < -0.3 is 5.11 Å². The topological polar surface area (TPSA) is 20.2 Å². The number of aliphatic hydroxyl groups excluding tert-OH is 1. The highest BCUT2D eigenvalue weighted by Crippen LogP contribution is 2.26. The average molecular weight is 118 g/mol. The van der Waals surface area contributed by atoms with E-state index >= 15 is 0 Å². The summed E-state index contributed by atoms with van der Waals surface area (Å²) in [5, 5.41) is 8.39. The molecule has 0 amide bonds. The largest absolute Gasteiger partial charge is 0.396 e. The van der Waals surface area contributed by atoms with E-state index in [1.54, 1.807) is 0 Å². The molecule has 1 fully saturated rings. The molecular formula is C5H10OS. The van der Waals surface area contributed by atoms with Gasteiger partial charge in [0.2, 0.25) is 0 Å². The summed E-state index contributed by atoms with van der Waals surface area (Å²) in [6.45, 7) is 0.380. The van der Waals surface area contributed by atoms with E-state index in [-0.39, 0.29) is 0 Å². The van der Waals surface area contributed by atoms with Crippen LogP contribution in [-0.4, -0.2) is 23.2 Å². The third kappa shape index (κ3) is 1.35. The molecule has 1 saturated heterocycles. The summed E-state index contributed by atoms with van der Waals surface area (Å²) in [4.78, 5) is 0. The van der Waals surface area contributed by atoms with Crippen LogP contribution in [0, 0.1) is 5.92 Å². The predicted molar refractivity (Wildman–Crippen MR) is 32.5 cm³/mol. The van der Waals surface area contributed by atoms with Crippen molar-refractivity contribution in [3.05, 3.63) is 0 Å². The minimum atomic E-state index is 0.380. The summed E-state index contributed by atoms with van der Waals surface area (Å²) >= 11 is 1.97. The molecule has 0 aliphatic carbocycles. The van der Waals surface area contributed by atoms with Gasteiger partial charge in [-0.05, 0) is 23.8 Å². The van der Waals surface area contributed by atoms with Crippen LogP contribution in [0.4, 0.5) is 0 Å². The lowest BCUT2D eigenvalue weighted by molar-refractivity contribution is 0.267. The summed E-state index contributed by atoms with van der Waals surface area (Å²) in [5.74, 6) is 3.40. The molecule has 0 aromatic heterocycles. The summed E-state index contributed by atoms with van der Waals surface area (Å²) in [7, 11) is 0. The Morgan fingerprint density at radius 3 is 2.43 bits per heavy atom. The van der Waals surface area contributed by atoms with Crippen molar-refractivity contribution in [3.8, 4) is 0 Å². The summed E-state index contributed by atoms with van der Waals surface area (Å²) in [6, 6.07) is 0. The number of hydrogen-bond donors (Lipinski definition) is 1. The standard InChI is InChI=1S/C5H10OS/c6-2-1-5-3-7-4-5/h5-6H,1-4H2. The number of aliphatic hydroxyl groups is 1. The van der Waals surface area contributed by atoms with Gasteiger partial charge in [-0.2, -0.15) is 11.8 Å². The quantitative estimate of drug-likeness (QED) is 0.577. The molecule has 1 nitrogen and oxygen atoms in total. The molecule has 0 atom stereocenters. The van der Waals surface area contributed by atoms with Gasteiger partial charge in [0, 0.05) is 6.61 Å². The van der Waals surface area contributed by atoms with E-state index in [9.17, 15) is 0 Å². The van der Waals surface area contributed by atoms with E-state index < -0.39 is 0 Å². The zero-order valence-electron chi connectivity index (χ0n) is 4.26. The van der Waals surface area contributed by atoms with Gasteiger partial charge in [-0.15, -0.1) is 0 Å². The van der Waals surface area contributed by atoms with Crippen molar-refractivity contribution in [1.82, 2.24) is 0 Å². The molecule has 0 aromatic rings. The number of rotatable bonds is 2. The van der Waals surface area contributed by atoms with Gasteiger partial charge in [0.1, 0.15) is 0 Å². The van der Waals surface area contributed by atoms with Gasteiger partial charge in [-0.1, -0.05) is 0 Å². The minimum Gasteiger partial charge on any atom is -0.396 e. The fraction of sp³-hybridized carbons (Fsp3) is 1.00. The molecule has 0 unspecified atom stereocenters. The Labute approximate surface area is 48.1 Å². The van der Waals surface area contributed by atoms with Crippen LogP contribution in [0.3, 0.4) is 0 Å². The zero-order chi connectivity index (χ0) is 5.11. The second kappa shape index (κ2) is 2.58. The molecule has 0 aromatic carbocycles. The van der Waals surface area contributed by atoms with Crippen molar-refractivity contribution in [2.24, 2.45) is 5.92 Å². The van der Waals surface area contributed by atoms with Crippen molar-refractivity contribution in [3.63, 3.8) is 0 Å². The van der Waals surface area contributed by atoms with E-state index in [2.05, 4.69) is 0 Å². The Morgan fingerprint density at radius 1 is 1.57 bits per heavy atom. The molecule has 1 heterocycles. The smallest absolute Gasteiger partial charge is 0.0434 e. The van der Waals surface area contributed by atoms with Crippen molar-refractivity contribution in [2.45, 2.75) is 6.42 Å². The highest BCUT2D eigenvalue weighted by Gasteiger charge is 2.16. The number of thioether (sulfide) groups is 1. The average Bonchev–Trinajstić information content (AvgIpc) is 1.55. The first-order valence-corrected chi connectivity index (χ1v) is 3.77. The molecule has 7 heavy (non-hydrogen) atoms. The normalized spacial score (nSPS) is 21.9. The SMILES string of the molecule is OCCC1CSC1. The lowest BCUT2D eigenvalue weighted by Gasteiger charge is -2.23. The zero-order valence-corrected chi connectivity index (χ0v) is 5.08. The van der Waals surface area contributed by atoms with Crippen molar-refractivity contribution in [1.29, 1.82) is 0 Å². The van der Waals surface area contributed by atoms with E-state index in [1.165, 1.54) is 11.5 Å². The van der Waals surface area contributed by atoms with E-state index in [0.29, 0.717) is 6.61 Å². The van der Waals surface area contributed by atoms with Crippen LogP contribution < -0.4 is 0 Å². The van der Waals surface area contributed by atoms with Crippen LogP contribution in [0.5, 0.6) is 0 Å². The van der Waals surface area contributed by atoms with Crippen molar-refractivity contribution < 1.29 is 5.11 Å². The number of hydrogen-bond acceptors (Lipinski definition) is 2. The highest BCUT2D eigenvalue weighted by molar-refractivity contribution is 8.00. The van der Waals surface area contributed by atoms with Crippen LogP contribution in [0.1, 0.15) is 6.42 Å². The predicted octanol–water partition coefficient (Wildman–Crippen LogP) is 0.732. The lowest BCUT2D eigenvalue weighted by Crippen LogP contribution is -2.18. The molecule has 2 heteroatoms. The first kappa shape index (κ1) is 5.45. The lowest BCUT2D eigenvalue weighted by atomic mass is 10.1. The maximum Gasteiger partial charge on any atom is 0.0434 e. The third-order valence-electron chi connectivity index (χ3n) is 1.24. The fourth-order valence-corrected chi connectivity index (χ4v) is 1.54. The molecular weight excluding hydrogens is 108 g/mol. The molecule has 1 aliphatic heterocycles. The molecule has 0 radical (unpaired) electrons. The second-order valence-corrected chi connectivity index (χ2v) is 2.99. The molecule has 42 valence electrons. The van der Waals surface area contributed by atoms with Crippen LogP contribution in [0.2, 0.25) is 0 Å². The van der Waals surface area contributed by atoms with Gasteiger partial charge in [0.15, 0.2) is 0 Å². The molecule has 0 bridgehead atoms. The monoisotopic (exact) mass is 118 g/mol. The van der Waals surface area contributed by atoms with Gasteiger partial charge in [-0.3, -0.25) is 0 Å². The summed E-state index contributed by atoms with van der Waals surface area (Å²) in [5.41, 5.74) is 0. The maximum atomic E-state index is 8.39. The Bertz CT molecular complexity index is 52.0. The molecule has 0 saturated carbocycles. The van der Waals surface area contributed by atoms with Crippen molar-refractivity contribution in [2.75, 3.05) is 18.1 Å². The van der Waals surface area contributed by atoms with Crippen LogP contribution in [0.25, 0.3) is 0 Å². The first-order valence-electron chi connectivity index (χ1n) is 2.62. The van der Waals surface area contributed by atoms with E-state index in [0.717, 1.165) is 12.3 Å². The van der Waals surface area contributed by atoms with E-state index in [4.69, 9.17) is 5.11 Å². The Balaban J connectivity index is 1.93. The summed E-state index contributed by atoms with van der Waals surface area (Å²) in [6.07, 6.45) is 1.02. The van der Waals surface area contributed by atoms with Crippen LogP contribution in [-0.2, 0) is 0 Å². The highest BCUT2D eigenvalue weighted by atomic mass is 32.2. The molecule has 1 rings (SSSR count). The van der Waals surface area contributed by atoms with Crippen LogP contribution in [0.15, 0.2) is 0 Å². The van der Waals surface area contributed by atoms with Crippen molar-refractivity contribution >= 4 is 11.8 Å². The van der Waals surface area contributed by atoms with Crippen LogP contribution >= 0.6 is 11.8 Å². The minimum absolute atomic E-state index is 0.380. The Hall–Kier alpha value is 0.310. The third-order valence-corrected chi connectivity index (χ3v) is 2.66. The van der Waals surface area contributed by atoms with Gasteiger partial charge in [0.05, 0.1) is 0 Å². The Morgan fingerprint density at radius 2 is 2.29 bits per heavy atom. The summed E-state index contributed by atoms with van der Waals surface area (Å²) < 4.78 is 0. The van der Waals surface area contributed by atoms with E-state index in [1.807, 2.05) is 11.8 Å². The van der Waals surface area contributed by atoms with Gasteiger partial charge >= 0.3 is 0 Å². The fourth-order valence-electron chi connectivity index (χ4n) is 0.634. The second-order valence-electron chi connectivity index (χ2n) is 1.92. The Kier molecular flexibility index (Phi) is 2.00. The first-order chi connectivity index (χ1) is 3.43. The molecule has 0 spiro atoms. The molecule has 1 N–H and O–H groups in total.